The van der Waals surface area contributed by atoms with E-state index in [1.807, 2.05) is 0 Å². The molecule has 0 radical (unpaired) electrons. The van der Waals surface area contributed by atoms with Gasteiger partial charge in [0.1, 0.15) is 6.54 Å². The second-order valence-corrected chi connectivity index (χ2v) is 7.28. The monoisotopic (exact) mass is 398 g/mol. The maximum atomic E-state index is 13.1. The number of carbonyl (C=O) groups is 1. The van der Waals surface area contributed by atoms with Gasteiger partial charge >= 0.3 is 5.69 Å². The number of benzene rings is 1. The average Bonchev–Trinajstić information content (AvgIpc) is 3.25. The smallest absolute Gasteiger partial charge is 0.332 e. The Hall–Kier alpha value is -2.93. The van der Waals surface area contributed by atoms with E-state index in [9.17, 15) is 14.4 Å². The van der Waals surface area contributed by atoms with Crippen molar-refractivity contribution in [1.29, 1.82) is 0 Å². The molecule has 0 unspecified atom stereocenters. The first-order valence-electron chi connectivity index (χ1n) is 9.15. The Morgan fingerprint density at radius 2 is 1.75 bits per heavy atom. The van der Waals surface area contributed by atoms with Gasteiger partial charge in [0.05, 0.1) is 12.1 Å². The SMILES string of the molecule is O=C(Cn1c(=O)n(Cc2ccc(Cl)cc2)c(=O)c2ncccc21)N1CCCC1. The third kappa shape index (κ3) is 3.45. The molecule has 1 aliphatic heterocycles. The van der Waals surface area contributed by atoms with E-state index >= 15 is 0 Å². The molecule has 0 N–H and O–H groups in total. The third-order valence-corrected chi connectivity index (χ3v) is 5.24. The molecule has 8 heteroatoms. The van der Waals surface area contributed by atoms with Gasteiger partial charge in [-0.05, 0) is 42.7 Å². The number of likely N-dealkylation sites (tertiary alicyclic amines) is 1. The van der Waals surface area contributed by atoms with Gasteiger partial charge in [-0.25, -0.2) is 9.78 Å². The van der Waals surface area contributed by atoms with E-state index in [-0.39, 0.29) is 24.5 Å². The van der Waals surface area contributed by atoms with E-state index in [0.29, 0.717) is 23.6 Å². The molecule has 1 saturated heterocycles. The molecule has 3 heterocycles. The number of pyridine rings is 1. The highest BCUT2D eigenvalue weighted by atomic mass is 35.5. The number of nitrogens with zero attached hydrogens (tertiary/aromatic N) is 4. The number of carbonyl (C=O) groups excluding carboxylic acids is 1. The quantitative estimate of drug-likeness (QED) is 0.672. The van der Waals surface area contributed by atoms with E-state index in [4.69, 9.17) is 11.6 Å². The molecular weight excluding hydrogens is 380 g/mol. The predicted octanol–water partition coefficient (Wildman–Crippen LogP) is 1.88. The predicted molar refractivity (Wildman–Crippen MR) is 107 cm³/mol. The first kappa shape index (κ1) is 18.4. The van der Waals surface area contributed by atoms with Gasteiger partial charge in [-0.1, -0.05) is 23.7 Å². The molecule has 144 valence electrons. The van der Waals surface area contributed by atoms with Gasteiger partial charge in [-0.15, -0.1) is 0 Å². The highest BCUT2D eigenvalue weighted by Crippen LogP contribution is 2.12. The lowest BCUT2D eigenvalue weighted by molar-refractivity contribution is -0.130. The van der Waals surface area contributed by atoms with Crippen LogP contribution in [0.1, 0.15) is 18.4 Å². The number of amides is 1. The minimum atomic E-state index is -0.520. The molecule has 28 heavy (non-hydrogen) atoms. The number of rotatable bonds is 4. The van der Waals surface area contributed by atoms with Gasteiger partial charge in [0, 0.05) is 24.3 Å². The van der Waals surface area contributed by atoms with Crippen molar-refractivity contribution in [1.82, 2.24) is 19.0 Å². The summed E-state index contributed by atoms with van der Waals surface area (Å²) < 4.78 is 2.47. The summed E-state index contributed by atoms with van der Waals surface area (Å²) in [5.74, 6) is -0.124. The van der Waals surface area contributed by atoms with Crippen molar-refractivity contribution in [3.63, 3.8) is 0 Å². The Morgan fingerprint density at radius 1 is 1.04 bits per heavy atom. The summed E-state index contributed by atoms with van der Waals surface area (Å²) in [6.45, 7) is 1.38. The van der Waals surface area contributed by atoms with Crippen molar-refractivity contribution in [2.75, 3.05) is 13.1 Å². The second kappa shape index (κ2) is 7.59. The number of aromatic nitrogens is 3. The van der Waals surface area contributed by atoms with Crippen molar-refractivity contribution in [2.45, 2.75) is 25.9 Å². The normalized spacial score (nSPS) is 14.0. The topological polar surface area (TPSA) is 77.2 Å². The van der Waals surface area contributed by atoms with Crippen LogP contribution in [-0.2, 0) is 17.9 Å². The number of hydrogen-bond donors (Lipinski definition) is 0. The molecular formula is C20H19ClN4O3. The zero-order chi connectivity index (χ0) is 19.7. The fraction of sp³-hybridized carbons (Fsp3) is 0.300. The molecule has 0 saturated carbocycles. The molecule has 3 aromatic rings. The second-order valence-electron chi connectivity index (χ2n) is 6.85. The maximum Gasteiger partial charge on any atom is 0.332 e. The van der Waals surface area contributed by atoms with Crippen molar-refractivity contribution in [3.05, 3.63) is 74.0 Å². The summed E-state index contributed by atoms with van der Waals surface area (Å²) in [5, 5.41) is 0.574. The minimum Gasteiger partial charge on any atom is -0.341 e. The Labute approximate surface area is 165 Å². The van der Waals surface area contributed by atoms with Crippen LogP contribution in [0.3, 0.4) is 0 Å². The van der Waals surface area contributed by atoms with Crippen LogP contribution < -0.4 is 11.2 Å². The Kier molecular flexibility index (Phi) is 5.00. The van der Waals surface area contributed by atoms with E-state index in [2.05, 4.69) is 4.98 Å². The molecule has 1 amide bonds. The van der Waals surface area contributed by atoms with Crippen LogP contribution in [0.5, 0.6) is 0 Å². The average molecular weight is 399 g/mol. The lowest BCUT2D eigenvalue weighted by Crippen LogP contribution is -2.43. The van der Waals surface area contributed by atoms with Crippen LogP contribution in [0.25, 0.3) is 11.0 Å². The largest absolute Gasteiger partial charge is 0.341 e. The zero-order valence-electron chi connectivity index (χ0n) is 15.2. The van der Waals surface area contributed by atoms with Gasteiger partial charge in [0.25, 0.3) is 5.56 Å². The standard InChI is InChI=1S/C20H19ClN4O3/c21-15-7-5-14(6-8-15)12-25-19(27)18-16(4-3-9-22-18)24(20(25)28)13-17(26)23-10-1-2-11-23/h3-9H,1-2,10-13H2. The third-order valence-electron chi connectivity index (χ3n) is 4.99. The van der Waals surface area contributed by atoms with Crippen LogP contribution in [0.15, 0.2) is 52.2 Å². The molecule has 0 bridgehead atoms. The molecule has 2 aromatic heterocycles. The van der Waals surface area contributed by atoms with Gasteiger partial charge in [-0.2, -0.15) is 0 Å². The summed E-state index contributed by atoms with van der Waals surface area (Å²) in [6, 6.07) is 10.2. The van der Waals surface area contributed by atoms with Gasteiger partial charge < -0.3 is 4.90 Å². The Bertz CT molecular complexity index is 1140. The summed E-state index contributed by atoms with van der Waals surface area (Å²) in [7, 11) is 0. The minimum absolute atomic E-state index is 0.0826. The molecule has 0 atom stereocenters. The molecule has 1 aromatic carbocycles. The molecule has 0 spiro atoms. The van der Waals surface area contributed by atoms with Gasteiger partial charge in [-0.3, -0.25) is 18.7 Å². The van der Waals surface area contributed by atoms with Crippen molar-refractivity contribution < 1.29 is 4.79 Å². The summed E-state index contributed by atoms with van der Waals surface area (Å²) in [4.78, 5) is 44.6. The molecule has 4 rings (SSSR count). The number of hydrogen-bond acceptors (Lipinski definition) is 4. The fourth-order valence-electron chi connectivity index (χ4n) is 3.51. The van der Waals surface area contributed by atoms with Crippen LogP contribution in [0.2, 0.25) is 5.02 Å². The molecule has 1 fully saturated rings. The number of halogens is 1. The summed E-state index contributed by atoms with van der Waals surface area (Å²) >= 11 is 5.91. The highest BCUT2D eigenvalue weighted by molar-refractivity contribution is 6.30. The van der Waals surface area contributed by atoms with Gasteiger partial charge in [0.2, 0.25) is 5.91 Å². The fourth-order valence-corrected chi connectivity index (χ4v) is 3.64. The number of fused-ring (bicyclic) bond motifs is 1. The van der Waals surface area contributed by atoms with Crippen molar-refractivity contribution >= 4 is 28.5 Å². The van der Waals surface area contributed by atoms with E-state index in [1.165, 1.54) is 10.8 Å². The maximum absolute atomic E-state index is 13.1. The van der Waals surface area contributed by atoms with E-state index < -0.39 is 11.2 Å². The lowest BCUT2D eigenvalue weighted by atomic mass is 10.2. The van der Waals surface area contributed by atoms with Crippen molar-refractivity contribution in [2.24, 2.45) is 0 Å². The van der Waals surface area contributed by atoms with Crippen LogP contribution >= 0.6 is 11.6 Å². The van der Waals surface area contributed by atoms with E-state index in [1.54, 1.807) is 41.3 Å². The molecule has 1 aliphatic rings. The Morgan fingerprint density at radius 3 is 2.46 bits per heavy atom. The van der Waals surface area contributed by atoms with Gasteiger partial charge in [0.15, 0.2) is 5.52 Å². The molecule has 0 aliphatic carbocycles. The first-order chi connectivity index (χ1) is 13.5. The summed E-state index contributed by atoms with van der Waals surface area (Å²) in [5.41, 5.74) is 0.312. The summed E-state index contributed by atoms with van der Waals surface area (Å²) in [6.07, 6.45) is 3.45. The highest BCUT2D eigenvalue weighted by Gasteiger charge is 2.21. The van der Waals surface area contributed by atoms with Crippen molar-refractivity contribution in [3.8, 4) is 0 Å². The zero-order valence-corrected chi connectivity index (χ0v) is 15.9. The molecule has 7 nitrogen and oxygen atoms in total. The van der Waals surface area contributed by atoms with Crippen LogP contribution in [-0.4, -0.2) is 38.0 Å². The van der Waals surface area contributed by atoms with Crippen LogP contribution in [0.4, 0.5) is 0 Å². The van der Waals surface area contributed by atoms with Crippen LogP contribution in [0, 0.1) is 0 Å². The first-order valence-corrected chi connectivity index (χ1v) is 9.53. The Balaban J connectivity index is 1.81. The van der Waals surface area contributed by atoms with E-state index in [0.717, 1.165) is 23.0 Å². The lowest BCUT2D eigenvalue weighted by Gasteiger charge is -2.18.